The fourth-order valence-electron chi connectivity index (χ4n) is 4.10. The summed E-state index contributed by atoms with van der Waals surface area (Å²) >= 11 is 0. The van der Waals surface area contributed by atoms with Crippen molar-refractivity contribution in [3.8, 4) is 11.1 Å². The highest BCUT2D eigenvalue weighted by Gasteiger charge is 2.38. The van der Waals surface area contributed by atoms with Gasteiger partial charge in [0, 0.05) is 17.8 Å². The van der Waals surface area contributed by atoms with Crippen molar-refractivity contribution in [3.63, 3.8) is 0 Å². The van der Waals surface area contributed by atoms with Crippen molar-refractivity contribution in [2.75, 3.05) is 25.0 Å². The highest BCUT2D eigenvalue weighted by molar-refractivity contribution is 5.93. The molecule has 1 atom stereocenters. The summed E-state index contributed by atoms with van der Waals surface area (Å²) in [5, 5.41) is 12.1. The molecule has 4 nitrogen and oxygen atoms in total. The number of nitrogens with zero attached hydrogens (tertiary/aromatic N) is 1. The summed E-state index contributed by atoms with van der Waals surface area (Å²) in [5.41, 5.74) is 2.67. The summed E-state index contributed by atoms with van der Waals surface area (Å²) < 4.78 is 13.8. The Bertz CT molecular complexity index is 798. The molecule has 3 heterocycles. The van der Waals surface area contributed by atoms with E-state index < -0.39 is 5.82 Å². The number of hydrogen-bond acceptors (Lipinski definition) is 3. The highest BCUT2D eigenvalue weighted by Crippen LogP contribution is 2.33. The number of rotatable bonds is 4. The van der Waals surface area contributed by atoms with Crippen LogP contribution in [0.2, 0.25) is 0 Å². The number of aliphatic hydroxyl groups excluding tert-OH is 1. The topological polar surface area (TPSA) is 52.6 Å². The Balaban J connectivity index is 1.44. The summed E-state index contributed by atoms with van der Waals surface area (Å²) in [6.45, 7) is 2.80. The molecule has 26 heavy (non-hydrogen) atoms. The van der Waals surface area contributed by atoms with Crippen LogP contribution in [0.25, 0.3) is 11.1 Å². The molecule has 2 N–H and O–H groups in total. The van der Waals surface area contributed by atoms with Crippen LogP contribution < -0.4 is 5.32 Å². The van der Waals surface area contributed by atoms with Gasteiger partial charge in [0.05, 0.1) is 12.5 Å². The molecule has 3 aliphatic rings. The average Bonchev–Trinajstić information content (AvgIpc) is 2.69. The van der Waals surface area contributed by atoms with Gasteiger partial charge >= 0.3 is 0 Å². The van der Waals surface area contributed by atoms with Crippen LogP contribution >= 0.6 is 0 Å². The Morgan fingerprint density at radius 2 is 1.81 bits per heavy atom. The summed E-state index contributed by atoms with van der Waals surface area (Å²) in [6.07, 6.45) is 2.23. The van der Waals surface area contributed by atoms with Gasteiger partial charge in [-0.1, -0.05) is 24.3 Å². The number of halogens is 1. The predicted molar refractivity (Wildman–Crippen MR) is 99.0 cm³/mol. The molecule has 0 unspecified atom stereocenters. The van der Waals surface area contributed by atoms with Crippen LogP contribution in [0.4, 0.5) is 10.1 Å². The van der Waals surface area contributed by atoms with Crippen LogP contribution in [0.15, 0.2) is 42.5 Å². The zero-order valence-electron chi connectivity index (χ0n) is 14.6. The predicted octanol–water partition coefficient (Wildman–Crippen LogP) is 3.27. The molecule has 1 amide bonds. The van der Waals surface area contributed by atoms with E-state index >= 15 is 0 Å². The van der Waals surface area contributed by atoms with E-state index in [2.05, 4.69) is 10.2 Å². The van der Waals surface area contributed by atoms with E-state index in [1.54, 1.807) is 12.1 Å². The second-order valence-corrected chi connectivity index (χ2v) is 7.28. The molecule has 2 aromatic rings. The lowest BCUT2D eigenvalue weighted by atomic mass is 9.78. The Morgan fingerprint density at radius 1 is 1.12 bits per heavy atom. The maximum atomic E-state index is 13.8. The fourth-order valence-corrected chi connectivity index (χ4v) is 4.10. The standard InChI is InChI=1S/C21H23FN2O2/c22-20-11-16(1-2-17(20)13-25)14-3-5-18(6-4-14)23-21(26)19-12-24-9-7-15(19)8-10-24/h1-6,11,15,19,25H,7-10,12-13H2,(H,23,26)/t19-/m0/s1. The third-order valence-electron chi connectivity index (χ3n) is 5.70. The van der Waals surface area contributed by atoms with E-state index in [9.17, 15) is 9.18 Å². The number of aliphatic hydroxyl groups is 1. The number of anilines is 1. The zero-order chi connectivity index (χ0) is 18.1. The Morgan fingerprint density at radius 3 is 2.38 bits per heavy atom. The first kappa shape index (κ1) is 17.2. The first-order chi connectivity index (χ1) is 12.6. The minimum Gasteiger partial charge on any atom is -0.392 e. The van der Waals surface area contributed by atoms with Crippen molar-refractivity contribution >= 4 is 11.6 Å². The second kappa shape index (κ2) is 7.17. The van der Waals surface area contributed by atoms with E-state index in [1.807, 2.05) is 24.3 Å². The number of hydrogen-bond donors (Lipinski definition) is 2. The van der Waals surface area contributed by atoms with Gasteiger partial charge in [-0.3, -0.25) is 4.79 Å². The minimum absolute atomic E-state index is 0.0808. The highest BCUT2D eigenvalue weighted by atomic mass is 19.1. The SMILES string of the molecule is O=C(Nc1ccc(-c2ccc(CO)c(F)c2)cc1)[C@H]1CN2CCC1CC2. The van der Waals surface area contributed by atoms with Crippen molar-refractivity contribution in [1.82, 2.24) is 4.90 Å². The van der Waals surface area contributed by atoms with Gasteiger partial charge < -0.3 is 15.3 Å². The number of benzene rings is 2. The quantitative estimate of drug-likeness (QED) is 0.886. The third kappa shape index (κ3) is 3.37. The van der Waals surface area contributed by atoms with Gasteiger partial charge in [0.2, 0.25) is 5.91 Å². The lowest BCUT2D eigenvalue weighted by Crippen LogP contribution is -2.51. The van der Waals surface area contributed by atoms with E-state index in [0.29, 0.717) is 5.92 Å². The van der Waals surface area contributed by atoms with Crippen molar-refractivity contribution in [3.05, 3.63) is 53.8 Å². The van der Waals surface area contributed by atoms with Gasteiger partial charge in [-0.05, 0) is 61.2 Å². The summed E-state index contributed by atoms with van der Waals surface area (Å²) in [6, 6.07) is 12.3. The molecule has 0 aliphatic carbocycles. The number of nitrogens with one attached hydrogen (secondary N) is 1. The number of piperidine rings is 3. The molecular weight excluding hydrogens is 331 g/mol. The van der Waals surface area contributed by atoms with Crippen LogP contribution in [-0.4, -0.2) is 35.5 Å². The maximum absolute atomic E-state index is 13.8. The number of fused-ring (bicyclic) bond motifs is 3. The van der Waals surface area contributed by atoms with E-state index in [4.69, 9.17) is 5.11 Å². The number of carbonyl (C=O) groups is 1. The van der Waals surface area contributed by atoms with Crippen molar-refractivity contribution in [1.29, 1.82) is 0 Å². The lowest BCUT2D eigenvalue weighted by molar-refractivity contribution is -0.125. The average molecular weight is 354 g/mol. The van der Waals surface area contributed by atoms with Crippen molar-refractivity contribution < 1.29 is 14.3 Å². The van der Waals surface area contributed by atoms with Crippen LogP contribution in [0, 0.1) is 17.7 Å². The normalized spacial score (nSPS) is 24.5. The molecule has 136 valence electrons. The van der Waals surface area contributed by atoms with E-state index in [-0.39, 0.29) is 24.0 Å². The van der Waals surface area contributed by atoms with Gasteiger partial charge in [-0.15, -0.1) is 0 Å². The molecule has 3 saturated heterocycles. The Kier molecular flexibility index (Phi) is 4.74. The van der Waals surface area contributed by atoms with Gasteiger partial charge in [0.15, 0.2) is 0 Å². The van der Waals surface area contributed by atoms with E-state index in [1.165, 1.54) is 6.07 Å². The van der Waals surface area contributed by atoms with Crippen LogP contribution in [0.5, 0.6) is 0 Å². The zero-order valence-corrected chi connectivity index (χ0v) is 14.6. The number of amides is 1. The largest absolute Gasteiger partial charge is 0.392 e. The fraction of sp³-hybridized carbons (Fsp3) is 0.381. The summed E-state index contributed by atoms with van der Waals surface area (Å²) in [4.78, 5) is 15.0. The van der Waals surface area contributed by atoms with Gasteiger partial charge in [0.1, 0.15) is 5.82 Å². The van der Waals surface area contributed by atoms with Crippen LogP contribution in [0.1, 0.15) is 18.4 Å². The molecule has 0 saturated carbocycles. The van der Waals surface area contributed by atoms with Gasteiger partial charge in [0.25, 0.3) is 0 Å². The van der Waals surface area contributed by atoms with Crippen LogP contribution in [-0.2, 0) is 11.4 Å². The van der Waals surface area contributed by atoms with Gasteiger partial charge in [-0.2, -0.15) is 0 Å². The second-order valence-electron chi connectivity index (χ2n) is 7.28. The molecule has 0 spiro atoms. The molecule has 3 fully saturated rings. The maximum Gasteiger partial charge on any atom is 0.229 e. The molecule has 5 heteroatoms. The Hall–Kier alpha value is -2.24. The van der Waals surface area contributed by atoms with E-state index in [0.717, 1.165) is 49.3 Å². The monoisotopic (exact) mass is 354 g/mol. The molecule has 2 bridgehead atoms. The van der Waals surface area contributed by atoms with Crippen molar-refractivity contribution in [2.24, 2.45) is 11.8 Å². The third-order valence-corrected chi connectivity index (χ3v) is 5.70. The first-order valence-corrected chi connectivity index (χ1v) is 9.17. The molecule has 2 aromatic carbocycles. The first-order valence-electron chi connectivity index (χ1n) is 9.17. The summed E-state index contributed by atoms with van der Waals surface area (Å²) in [7, 11) is 0. The molecule has 0 radical (unpaired) electrons. The Labute approximate surface area is 152 Å². The molecular formula is C21H23FN2O2. The van der Waals surface area contributed by atoms with Crippen molar-refractivity contribution in [2.45, 2.75) is 19.4 Å². The molecule has 3 aliphatic heterocycles. The summed E-state index contributed by atoms with van der Waals surface area (Å²) in [5.74, 6) is 0.278. The minimum atomic E-state index is -0.412. The smallest absolute Gasteiger partial charge is 0.229 e. The molecule has 5 rings (SSSR count). The van der Waals surface area contributed by atoms with Gasteiger partial charge in [-0.25, -0.2) is 4.39 Å². The molecule has 0 aromatic heterocycles. The lowest BCUT2D eigenvalue weighted by Gasteiger charge is -2.43. The van der Waals surface area contributed by atoms with Crippen LogP contribution in [0.3, 0.4) is 0 Å². The number of carbonyl (C=O) groups excluding carboxylic acids is 1.